The molecule has 1 N–H and O–H groups in total. The van der Waals surface area contributed by atoms with E-state index in [9.17, 15) is 9.59 Å². The number of imide groups is 1. The Morgan fingerprint density at radius 3 is 2.50 bits per heavy atom. The van der Waals surface area contributed by atoms with Crippen LogP contribution in [0.4, 0.5) is 4.79 Å². The van der Waals surface area contributed by atoms with E-state index in [4.69, 9.17) is 9.47 Å². The number of hydrogen-bond donors (Lipinski definition) is 1. The highest BCUT2D eigenvalue weighted by molar-refractivity contribution is 6.07. The molecule has 2 fully saturated rings. The molecule has 180 valence electrons. The lowest BCUT2D eigenvalue weighted by atomic mass is 9.73. The highest BCUT2D eigenvalue weighted by Crippen LogP contribution is 2.42. The largest absolute Gasteiger partial charge is 0.493 e. The minimum Gasteiger partial charge on any atom is -0.493 e. The van der Waals surface area contributed by atoms with Gasteiger partial charge in [0.1, 0.15) is 5.54 Å². The van der Waals surface area contributed by atoms with Gasteiger partial charge in [-0.1, -0.05) is 50.1 Å². The highest BCUT2D eigenvalue weighted by Gasteiger charge is 2.55. The van der Waals surface area contributed by atoms with Crippen molar-refractivity contribution in [1.29, 1.82) is 0 Å². The van der Waals surface area contributed by atoms with E-state index in [2.05, 4.69) is 29.3 Å². The van der Waals surface area contributed by atoms with E-state index >= 15 is 0 Å². The van der Waals surface area contributed by atoms with Crippen LogP contribution in [-0.4, -0.2) is 54.7 Å². The van der Waals surface area contributed by atoms with Crippen LogP contribution in [0.15, 0.2) is 42.5 Å². The number of carbonyl (C=O) groups excluding carboxylic acids is 2. The van der Waals surface area contributed by atoms with Gasteiger partial charge in [0.25, 0.3) is 5.91 Å². The average Bonchev–Trinajstić information content (AvgIpc) is 3.10. The van der Waals surface area contributed by atoms with E-state index in [1.807, 2.05) is 30.3 Å². The maximum absolute atomic E-state index is 13.6. The van der Waals surface area contributed by atoms with Gasteiger partial charge >= 0.3 is 6.03 Å². The first-order chi connectivity index (χ1) is 16.5. The average molecular weight is 464 g/mol. The number of nitrogens with one attached hydrogen (secondary N) is 1. The van der Waals surface area contributed by atoms with Crippen LogP contribution in [-0.2, 0) is 11.2 Å². The van der Waals surface area contributed by atoms with E-state index < -0.39 is 5.54 Å². The third kappa shape index (κ3) is 3.63. The number of hydrogen-bond acceptors (Lipinski definition) is 5. The van der Waals surface area contributed by atoms with Gasteiger partial charge in [-0.05, 0) is 54.0 Å². The summed E-state index contributed by atoms with van der Waals surface area (Å²) in [6.45, 7) is 3.07. The summed E-state index contributed by atoms with van der Waals surface area (Å²) >= 11 is 0. The second-order valence-electron chi connectivity index (χ2n) is 9.70. The van der Waals surface area contributed by atoms with Gasteiger partial charge in [0.2, 0.25) is 0 Å². The molecule has 3 unspecified atom stereocenters. The summed E-state index contributed by atoms with van der Waals surface area (Å²) in [5.41, 5.74) is 2.67. The van der Waals surface area contributed by atoms with Crippen molar-refractivity contribution >= 4 is 11.9 Å². The summed E-state index contributed by atoms with van der Waals surface area (Å²) in [6.07, 6.45) is 4.55. The molecule has 3 aliphatic rings. The Labute approximate surface area is 201 Å². The van der Waals surface area contributed by atoms with E-state index in [1.165, 1.54) is 10.5 Å². The normalized spacial score (nSPS) is 27.0. The minimum absolute atomic E-state index is 0.0744. The zero-order valence-corrected chi connectivity index (χ0v) is 20.2. The molecule has 1 saturated carbocycles. The molecular formula is C27H33N3O4. The van der Waals surface area contributed by atoms with Crippen molar-refractivity contribution in [2.24, 2.45) is 5.92 Å². The Kier molecular flexibility index (Phi) is 5.98. The molecule has 0 bridgehead atoms. The number of rotatable bonds is 5. The topological polar surface area (TPSA) is 71.1 Å². The van der Waals surface area contributed by atoms with E-state index in [-0.39, 0.29) is 30.6 Å². The van der Waals surface area contributed by atoms with Crippen LogP contribution in [0, 0.1) is 5.92 Å². The van der Waals surface area contributed by atoms with Crippen molar-refractivity contribution in [1.82, 2.24) is 15.1 Å². The quantitative estimate of drug-likeness (QED) is 0.676. The SMILES string of the molecule is COc1cc2c(cc1OC)C(c1ccccc1)N(CN1C(=O)NC3(CCCCC3C)C1=O)CC2. The predicted molar refractivity (Wildman–Crippen MR) is 129 cm³/mol. The molecular weight excluding hydrogens is 430 g/mol. The Hall–Kier alpha value is -3.06. The summed E-state index contributed by atoms with van der Waals surface area (Å²) in [7, 11) is 3.29. The summed E-state index contributed by atoms with van der Waals surface area (Å²) in [5, 5.41) is 3.09. The molecule has 7 heteroatoms. The summed E-state index contributed by atoms with van der Waals surface area (Å²) in [4.78, 5) is 30.4. The maximum Gasteiger partial charge on any atom is 0.326 e. The number of urea groups is 1. The zero-order valence-electron chi connectivity index (χ0n) is 20.2. The number of amides is 3. The van der Waals surface area contributed by atoms with Crippen molar-refractivity contribution in [3.05, 3.63) is 59.2 Å². The summed E-state index contributed by atoms with van der Waals surface area (Å²) in [6, 6.07) is 13.9. The van der Waals surface area contributed by atoms with Crippen LogP contribution in [0.5, 0.6) is 11.5 Å². The lowest BCUT2D eigenvalue weighted by Crippen LogP contribution is -2.54. The van der Waals surface area contributed by atoms with Crippen LogP contribution >= 0.6 is 0 Å². The molecule has 34 heavy (non-hydrogen) atoms. The molecule has 2 heterocycles. The molecule has 1 aliphatic carbocycles. The fourth-order valence-electron chi connectivity index (χ4n) is 5.98. The van der Waals surface area contributed by atoms with Gasteiger partial charge in [0.05, 0.1) is 26.9 Å². The molecule has 2 aliphatic heterocycles. The van der Waals surface area contributed by atoms with Gasteiger partial charge in [0.15, 0.2) is 11.5 Å². The smallest absolute Gasteiger partial charge is 0.326 e. The first kappa shape index (κ1) is 22.7. The Morgan fingerprint density at radius 1 is 1.06 bits per heavy atom. The standard InChI is InChI=1S/C27H33N3O4/c1-18-9-7-8-13-27(18)25(31)30(26(32)28-27)17-29-14-12-20-15-22(33-2)23(34-3)16-21(20)24(29)19-10-5-4-6-11-19/h4-6,10-11,15-16,18,24H,7-9,12-14,17H2,1-3H3,(H,28,32). The molecule has 5 rings (SSSR count). The molecule has 2 aromatic rings. The monoisotopic (exact) mass is 463 g/mol. The fraction of sp³-hybridized carbons (Fsp3) is 0.481. The van der Waals surface area contributed by atoms with Crippen molar-refractivity contribution < 1.29 is 19.1 Å². The third-order valence-corrected chi connectivity index (χ3v) is 7.91. The molecule has 3 amide bonds. The van der Waals surface area contributed by atoms with Gasteiger partial charge in [-0.3, -0.25) is 9.69 Å². The minimum atomic E-state index is -0.748. The Bertz CT molecular complexity index is 1090. The van der Waals surface area contributed by atoms with Crippen molar-refractivity contribution in [3.8, 4) is 11.5 Å². The zero-order chi connectivity index (χ0) is 23.9. The lowest BCUT2D eigenvalue weighted by Gasteiger charge is -2.40. The second kappa shape index (κ2) is 8.95. The number of methoxy groups -OCH3 is 2. The number of carbonyl (C=O) groups is 2. The summed E-state index contributed by atoms with van der Waals surface area (Å²) < 4.78 is 11.1. The van der Waals surface area contributed by atoms with Crippen LogP contribution in [0.2, 0.25) is 0 Å². The van der Waals surface area contributed by atoms with Crippen LogP contribution in [0.3, 0.4) is 0 Å². The maximum atomic E-state index is 13.6. The molecule has 7 nitrogen and oxygen atoms in total. The van der Waals surface area contributed by atoms with Gasteiger partial charge < -0.3 is 14.8 Å². The van der Waals surface area contributed by atoms with Crippen LogP contribution < -0.4 is 14.8 Å². The number of benzene rings is 2. The molecule has 0 radical (unpaired) electrons. The van der Waals surface area contributed by atoms with Crippen molar-refractivity contribution in [2.45, 2.75) is 50.6 Å². The van der Waals surface area contributed by atoms with Gasteiger partial charge in [0, 0.05) is 6.54 Å². The van der Waals surface area contributed by atoms with Gasteiger partial charge in [-0.25, -0.2) is 9.69 Å². The van der Waals surface area contributed by atoms with Crippen LogP contribution in [0.25, 0.3) is 0 Å². The van der Waals surface area contributed by atoms with E-state index in [1.54, 1.807) is 14.2 Å². The predicted octanol–water partition coefficient (Wildman–Crippen LogP) is 4.11. The fourth-order valence-corrected chi connectivity index (χ4v) is 5.98. The first-order valence-electron chi connectivity index (χ1n) is 12.2. The molecule has 1 spiro atoms. The highest BCUT2D eigenvalue weighted by atomic mass is 16.5. The molecule has 0 aromatic heterocycles. The first-order valence-corrected chi connectivity index (χ1v) is 12.2. The number of nitrogens with zero attached hydrogens (tertiary/aromatic N) is 2. The van der Waals surface area contributed by atoms with Crippen LogP contribution in [0.1, 0.15) is 55.3 Å². The number of fused-ring (bicyclic) bond motifs is 1. The Morgan fingerprint density at radius 2 is 1.79 bits per heavy atom. The second-order valence-corrected chi connectivity index (χ2v) is 9.70. The molecule has 3 atom stereocenters. The van der Waals surface area contributed by atoms with Crippen molar-refractivity contribution in [2.75, 3.05) is 27.4 Å². The van der Waals surface area contributed by atoms with E-state index in [0.717, 1.165) is 49.8 Å². The van der Waals surface area contributed by atoms with Gasteiger partial charge in [-0.2, -0.15) is 0 Å². The van der Waals surface area contributed by atoms with Crippen molar-refractivity contribution in [3.63, 3.8) is 0 Å². The Balaban J connectivity index is 1.50. The van der Waals surface area contributed by atoms with Gasteiger partial charge in [-0.15, -0.1) is 0 Å². The molecule has 2 aromatic carbocycles. The van der Waals surface area contributed by atoms with E-state index in [0.29, 0.717) is 11.5 Å². The molecule has 1 saturated heterocycles. The summed E-state index contributed by atoms with van der Waals surface area (Å²) in [5.74, 6) is 1.46. The third-order valence-electron chi connectivity index (χ3n) is 7.91. The number of ether oxygens (including phenoxy) is 2. The lowest BCUT2D eigenvalue weighted by molar-refractivity contribution is -0.136.